The molecule has 0 N–H and O–H groups in total. The molecule has 1 aromatic heterocycles. The number of thioether (sulfide) groups is 1. The van der Waals surface area contributed by atoms with Crippen molar-refractivity contribution in [3.05, 3.63) is 16.3 Å². The maximum absolute atomic E-state index is 2.32. The van der Waals surface area contributed by atoms with Gasteiger partial charge >= 0.3 is 0 Å². The lowest BCUT2D eigenvalue weighted by Crippen LogP contribution is -2.13. The Morgan fingerprint density at radius 3 is 3.00 bits per heavy atom. The van der Waals surface area contributed by atoms with Crippen LogP contribution < -0.4 is 0 Å². The molecular weight excluding hydrogens is 160 g/mol. The first-order valence-electron chi connectivity index (χ1n) is 3.41. The number of hydrogen-bond acceptors (Lipinski definition) is 2. The molecule has 0 radical (unpaired) electrons. The van der Waals surface area contributed by atoms with Gasteiger partial charge in [-0.1, -0.05) is 13.8 Å². The van der Waals surface area contributed by atoms with Crippen LogP contribution in [0.15, 0.2) is 16.3 Å². The average Bonchev–Trinajstić information content (AvgIpc) is 2.36. The average molecular weight is 170 g/mol. The summed E-state index contributed by atoms with van der Waals surface area (Å²) in [6.45, 7) is 4.64. The molecule has 10 heavy (non-hydrogen) atoms. The zero-order chi connectivity index (χ0) is 7.19. The van der Waals surface area contributed by atoms with Crippen molar-refractivity contribution in [3.63, 3.8) is 0 Å². The second-order valence-corrected chi connectivity index (χ2v) is 5.22. The fraction of sp³-hybridized carbons (Fsp3) is 0.500. The lowest BCUT2D eigenvalue weighted by atomic mass is 9.95. The van der Waals surface area contributed by atoms with Crippen molar-refractivity contribution in [3.8, 4) is 0 Å². The van der Waals surface area contributed by atoms with E-state index in [-0.39, 0.29) is 0 Å². The third-order valence-electron chi connectivity index (χ3n) is 1.83. The van der Waals surface area contributed by atoms with E-state index in [1.807, 2.05) is 23.1 Å². The van der Waals surface area contributed by atoms with E-state index in [0.29, 0.717) is 5.41 Å². The van der Waals surface area contributed by atoms with Crippen LogP contribution in [0.25, 0.3) is 0 Å². The second kappa shape index (κ2) is 2.02. The van der Waals surface area contributed by atoms with Gasteiger partial charge in [-0.15, -0.1) is 23.1 Å². The van der Waals surface area contributed by atoms with Gasteiger partial charge < -0.3 is 0 Å². The summed E-state index contributed by atoms with van der Waals surface area (Å²) in [5.74, 6) is 1.26. The van der Waals surface area contributed by atoms with Crippen LogP contribution in [-0.4, -0.2) is 5.75 Å². The molecule has 0 amide bonds. The molecule has 0 fully saturated rings. The fourth-order valence-corrected chi connectivity index (χ4v) is 3.87. The predicted molar refractivity (Wildman–Crippen MR) is 48.1 cm³/mol. The van der Waals surface area contributed by atoms with Gasteiger partial charge in [0.05, 0.1) is 0 Å². The molecule has 0 aromatic carbocycles. The van der Waals surface area contributed by atoms with Gasteiger partial charge in [0, 0.05) is 20.9 Å². The first-order valence-corrected chi connectivity index (χ1v) is 5.27. The van der Waals surface area contributed by atoms with E-state index >= 15 is 0 Å². The molecule has 2 heterocycles. The normalized spacial score (nSPS) is 21.0. The zero-order valence-electron chi connectivity index (χ0n) is 6.18. The predicted octanol–water partition coefficient (Wildman–Crippen LogP) is 3.13. The molecule has 0 atom stereocenters. The molecule has 0 saturated heterocycles. The molecule has 2 rings (SSSR count). The van der Waals surface area contributed by atoms with Gasteiger partial charge in [-0.05, 0) is 11.4 Å². The highest BCUT2D eigenvalue weighted by atomic mass is 32.2. The van der Waals surface area contributed by atoms with Crippen molar-refractivity contribution in [1.82, 2.24) is 0 Å². The minimum absolute atomic E-state index is 0.439. The molecule has 0 aliphatic carbocycles. The van der Waals surface area contributed by atoms with E-state index in [2.05, 4.69) is 25.3 Å². The van der Waals surface area contributed by atoms with E-state index in [1.165, 1.54) is 10.6 Å². The Morgan fingerprint density at radius 2 is 2.30 bits per heavy atom. The summed E-state index contributed by atoms with van der Waals surface area (Å²) in [5.41, 5.74) is 0.439. The Balaban J connectivity index is 2.54. The molecule has 1 aromatic rings. The van der Waals surface area contributed by atoms with Crippen LogP contribution in [-0.2, 0) is 5.41 Å². The number of thiophene rings is 1. The summed E-state index contributed by atoms with van der Waals surface area (Å²) in [6.07, 6.45) is 0. The lowest BCUT2D eigenvalue weighted by molar-refractivity contribution is 0.620. The third kappa shape index (κ3) is 0.823. The van der Waals surface area contributed by atoms with E-state index in [9.17, 15) is 0 Å². The van der Waals surface area contributed by atoms with Gasteiger partial charge in [0.15, 0.2) is 0 Å². The van der Waals surface area contributed by atoms with Crippen LogP contribution >= 0.6 is 23.1 Å². The van der Waals surface area contributed by atoms with E-state index < -0.39 is 0 Å². The molecule has 0 spiro atoms. The maximum Gasteiger partial charge on any atom is 0.0246 e. The summed E-state index contributed by atoms with van der Waals surface area (Å²) < 4.78 is 0. The van der Waals surface area contributed by atoms with Crippen LogP contribution in [0.2, 0.25) is 0 Å². The van der Waals surface area contributed by atoms with E-state index in [0.717, 1.165) is 0 Å². The molecule has 54 valence electrons. The summed E-state index contributed by atoms with van der Waals surface area (Å²) in [7, 11) is 0. The summed E-state index contributed by atoms with van der Waals surface area (Å²) >= 11 is 3.89. The van der Waals surface area contributed by atoms with Crippen LogP contribution in [0.4, 0.5) is 0 Å². The monoisotopic (exact) mass is 170 g/mol. The van der Waals surface area contributed by atoms with Gasteiger partial charge in [0.2, 0.25) is 0 Å². The van der Waals surface area contributed by atoms with E-state index in [4.69, 9.17) is 0 Å². The molecule has 1 aliphatic rings. The largest absolute Gasteiger partial charge is 0.147 e. The lowest BCUT2D eigenvalue weighted by Gasteiger charge is -2.14. The smallest absolute Gasteiger partial charge is 0.0246 e. The Labute approximate surface area is 69.6 Å². The van der Waals surface area contributed by atoms with Crippen molar-refractivity contribution in [2.45, 2.75) is 24.2 Å². The quantitative estimate of drug-likeness (QED) is 0.576. The van der Waals surface area contributed by atoms with Crippen LogP contribution in [0, 0.1) is 0 Å². The highest BCUT2D eigenvalue weighted by molar-refractivity contribution is 7.99. The molecule has 0 unspecified atom stereocenters. The minimum atomic E-state index is 0.439. The molecular formula is C8H10S2. The first kappa shape index (κ1) is 6.74. The van der Waals surface area contributed by atoms with Crippen molar-refractivity contribution >= 4 is 23.1 Å². The topological polar surface area (TPSA) is 0 Å². The summed E-state index contributed by atoms with van der Waals surface area (Å²) in [6, 6.07) is 2.24. The van der Waals surface area contributed by atoms with Crippen molar-refractivity contribution in [2.24, 2.45) is 0 Å². The van der Waals surface area contributed by atoms with Crippen molar-refractivity contribution < 1.29 is 0 Å². The summed E-state index contributed by atoms with van der Waals surface area (Å²) in [5, 5.41) is 2.19. The fourth-order valence-electron chi connectivity index (χ4n) is 1.23. The Hall–Kier alpha value is 0.0500. The van der Waals surface area contributed by atoms with Crippen molar-refractivity contribution in [1.29, 1.82) is 0 Å². The van der Waals surface area contributed by atoms with Gasteiger partial charge in [0.1, 0.15) is 0 Å². The minimum Gasteiger partial charge on any atom is -0.147 e. The standard InChI is InChI=1S/C8H10S2/c1-8(2)5-10-6-3-4-9-7(6)8/h3-4H,5H2,1-2H3. The maximum atomic E-state index is 2.32. The third-order valence-corrected chi connectivity index (χ3v) is 4.76. The van der Waals surface area contributed by atoms with Gasteiger partial charge in [0.25, 0.3) is 0 Å². The van der Waals surface area contributed by atoms with Crippen LogP contribution in [0.1, 0.15) is 18.7 Å². The molecule has 0 bridgehead atoms. The van der Waals surface area contributed by atoms with Crippen LogP contribution in [0.3, 0.4) is 0 Å². The van der Waals surface area contributed by atoms with Crippen LogP contribution in [0.5, 0.6) is 0 Å². The zero-order valence-corrected chi connectivity index (χ0v) is 7.81. The molecule has 1 aliphatic heterocycles. The summed E-state index contributed by atoms with van der Waals surface area (Å²) in [4.78, 5) is 3.09. The Bertz CT molecular complexity index is 248. The highest BCUT2D eigenvalue weighted by Gasteiger charge is 2.31. The number of fused-ring (bicyclic) bond motifs is 1. The SMILES string of the molecule is CC1(C)CSc2ccsc21. The molecule has 0 saturated carbocycles. The van der Waals surface area contributed by atoms with Gasteiger partial charge in [-0.25, -0.2) is 0 Å². The molecule has 0 nitrogen and oxygen atoms in total. The van der Waals surface area contributed by atoms with E-state index in [1.54, 1.807) is 4.88 Å². The van der Waals surface area contributed by atoms with Gasteiger partial charge in [-0.3, -0.25) is 0 Å². The Kier molecular flexibility index (Phi) is 1.36. The Morgan fingerprint density at radius 1 is 1.50 bits per heavy atom. The number of hydrogen-bond donors (Lipinski definition) is 0. The van der Waals surface area contributed by atoms with Gasteiger partial charge in [-0.2, -0.15) is 0 Å². The second-order valence-electron chi connectivity index (χ2n) is 3.29. The first-order chi connectivity index (χ1) is 4.70. The molecule has 2 heteroatoms. The van der Waals surface area contributed by atoms with Crippen molar-refractivity contribution in [2.75, 3.05) is 5.75 Å². The highest BCUT2D eigenvalue weighted by Crippen LogP contribution is 2.46. The number of rotatable bonds is 0.